The molecule has 0 saturated heterocycles. The van der Waals surface area contributed by atoms with Gasteiger partial charge in [0.15, 0.2) is 6.29 Å². The standard InChI is InChI=1S/C20H11F6NO3/c21-19(22,23)29-14-5-1-3-12(9-14)16-7-8-17(27-18(16)11-28)13-4-2-6-15(10-13)30-20(24,25)26/h1-11H. The number of halogens is 6. The van der Waals surface area contributed by atoms with Gasteiger partial charge in [0.1, 0.15) is 17.2 Å². The van der Waals surface area contributed by atoms with E-state index < -0.39 is 24.2 Å². The molecule has 0 saturated carbocycles. The second kappa shape index (κ2) is 8.05. The first-order chi connectivity index (χ1) is 14.0. The lowest BCUT2D eigenvalue weighted by Gasteiger charge is -2.12. The maximum atomic E-state index is 12.4. The normalized spacial score (nSPS) is 11.8. The first-order valence-electron chi connectivity index (χ1n) is 8.23. The van der Waals surface area contributed by atoms with Crippen LogP contribution in [0.2, 0.25) is 0 Å². The third kappa shape index (κ3) is 5.49. The topological polar surface area (TPSA) is 48.4 Å². The minimum absolute atomic E-state index is 0.112. The number of nitrogens with zero attached hydrogens (tertiary/aromatic N) is 1. The lowest BCUT2D eigenvalue weighted by molar-refractivity contribution is -0.275. The molecule has 0 aliphatic heterocycles. The minimum Gasteiger partial charge on any atom is -0.406 e. The maximum Gasteiger partial charge on any atom is 0.573 e. The number of benzene rings is 2. The third-order valence-electron chi connectivity index (χ3n) is 3.78. The number of hydrogen-bond acceptors (Lipinski definition) is 4. The summed E-state index contributed by atoms with van der Waals surface area (Å²) in [5.74, 6) is -0.937. The average Bonchev–Trinajstić information content (AvgIpc) is 2.65. The highest BCUT2D eigenvalue weighted by atomic mass is 19.4. The number of hydrogen-bond donors (Lipinski definition) is 0. The van der Waals surface area contributed by atoms with Crippen molar-refractivity contribution in [3.05, 3.63) is 66.4 Å². The van der Waals surface area contributed by atoms with Crippen LogP contribution < -0.4 is 9.47 Å². The van der Waals surface area contributed by atoms with Gasteiger partial charge in [0.05, 0.1) is 5.69 Å². The highest BCUT2D eigenvalue weighted by molar-refractivity contribution is 5.86. The Morgan fingerprint density at radius 1 is 0.733 bits per heavy atom. The van der Waals surface area contributed by atoms with Crippen molar-refractivity contribution in [1.29, 1.82) is 0 Å². The molecule has 1 aromatic heterocycles. The predicted octanol–water partition coefficient (Wildman–Crippen LogP) is 6.03. The van der Waals surface area contributed by atoms with Gasteiger partial charge in [-0.15, -0.1) is 26.3 Å². The molecule has 0 aliphatic rings. The third-order valence-corrected chi connectivity index (χ3v) is 3.78. The summed E-state index contributed by atoms with van der Waals surface area (Å²) in [4.78, 5) is 15.6. The summed E-state index contributed by atoms with van der Waals surface area (Å²) in [6.45, 7) is 0. The number of carbonyl (C=O) groups is 1. The van der Waals surface area contributed by atoms with Crippen molar-refractivity contribution >= 4 is 6.29 Å². The molecule has 0 amide bonds. The first kappa shape index (κ1) is 21.2. The zero-order chi connectivity index (χ0) is 21.9. The molecular weight excluding hydrogens is 416 g/mol. The van der Waals surface area contributed by atoms with Gasteiger partial charge in [-0.1, -0.05) is 24.3 Å². The van der Waals surface area contributed by atoms with Gasteiger partial charge in [0.25, 0.3) is 0 Å². The van der Waals surface area contributed by atoms with Gasteiger partial charge in [0.2, 0.25) is 0 Å². The van der Waals surface area contributed by atoms with Crippen LogP contribution in [0.5, 0.6) is 11.5 Å². The van der Waals surface area contributed by atoms with Gasteiger partial charge in [-0.3, -0.25) is 4.79 Å². The van der Waals surface area contributed by atoms with Gasteiger partial charge >= 0.3 is 12.7 Å². The van der Waals surface area contributed by atoms with E-state index >= 15 is 0 Å². The molecule has 4 nitrogen and oxygen atoms in total. The van der Waals surface area contributed by atoms with E-state index in [-0.39, 0.29) is 28.1 Å². The maximum absolute atomic E-state index is 12.4. The lowest BCUT2D eigenvalue weighted by atomic mass is 10.0. The van der Waals surface area contributed by atoms with E-state index in [0.717, 1.165) is 24.3 Å². The van der Waals surface area contributed by atoms with Crippen LogP contribution in [0, 0.1) is 0 Å². The molecule has 3 aromatic rings. The molecule has 2 aromatic carbocycles. The van der Waals surface area contributed by atoms with Crippen LogP contribution in [0.4, 0.5) is 26.3 Å². The van der Waals surface area contributed by atoms with Crippen LogP contribution in [-0.4, -0.2) is 24.0 Å². The Morgan fingerprint density at radius 2 is 1.27 bits per heavy atom. The smallest absolute Gasteiger partial charge is 0.406 e. The van der Waals surface area contributed by atoms with E-state index in [1.165, 1.54) is 36.4 Å². The fraction of sp³-hybridized carbons (Fsp3) is 0.100. The summed E-state index contributed by atoms with van der Waals surface area (Å²) >= 11 is 0. The van der Waals surface area contributed by atoms with Gasteiger partial charge in [0, 0.05) is 11.1 Å². The summed E-state index contributed by atoms with van der Waals surface area (Å²) in [7, 11) is 0. The summed E-state index contributed by atoms with van der Waals surface area (Å²) in [6.07, 6.45) is -9.35. The Balaban J connectivity index is 1.96. The molecule has 0 fully saturated rings. The van der Waals surface area contributed by atoms with Crippen molar-refractivity contribution in [3.63, 3.8) is 0 Å². The highest BCUT2D eigenvalue weighted by Gasteiger charge is 2.32. The molecule has 1 heterocycles. The second-order valence-electron chi connectivity index (χ2n) is 5.90. The van der Waals surface area contributed by atoms with E-state index in [1.54, 1.807) is 0 Å². The van der Waals surface area contributed by atoms with Crippen molar-refractivity contribution in [2.45, 2.75) is 12.7 Å². The molecule has 0 radical (unpaired) electrons. The summed E-state index contributed by atoms with van der Waals surface area (Å²) in [6, 6.07) is 12.8. The minimum atomic E-state index is -4.88. The average molecular weight is 427 g/mol. The van der Waals surface area contributed by atoms with Gasteiger partial charge in [-0.2, -0.15) is 0 Å². The molecule has 0 spiro atoms. The number of aromatic nitrogens is 1. The first-order valence-corrected chi connectivity index (χ1v) is 8.23. The number of rotatable bonds is 5. The Bertz CT molecular complexity index is 1060. The van der Waals surface area contributed by atoms with Crippen LogP contribution in [0.15, 0.2) is 60.7 Å². The van der Waals surface area contributed by atoms with E-state index in [4.69, 9.17) is 0 Å². The highest BCUT2D eigenvalue weighted by Crippen LogP contribution is 2.32. The van der Waals surface area contributed by atoms with Crippen molar-refractivity contribution in [2.24, 2.45) is 0 Å². The summed E-state index contributed by atoms with van der Waals surface area (Å²) in [5, 5.41) is 0. The molecule has 0 bridgehead atoms. The monoisotopic (exact) mass is 427 g/mol. The van der Waals surface area contributed by atoms with E-state index in [1.807, 2.05) is 0 Å². The number of aldehydes is 1. The Labute approximate surface area is 165 Å². The molecule has 156 valence electrons. The Hall–Kier alpha value is -3.56. The van der Waals surface area contributed by atoms with Gasteiger partial charge in [-0.25, -0.2) is 4.98 Å². The van der Waals surface area contributed by atoms with Crippen LogP contribution in [0.25, 0.3) is 22.4 Å². The van der Waals surface area contributed by atoms with Crippen molar-refractivity contribution in [3.8, 4) is 33.9 Å². The summed E-state index contributed by atoms with van der Waals surface area (Å²) < 4.78 is 82.2. The Morgan fingerprint density at radius 3 is 1.80 bits per heavy atom. The van der Waals surface area contributed by atoms with E-state index in [0.29, 0.717) is 6.29 Å². The molecule has 0 aliphatic carbocycles. The molecule has 3 rings (SSSR count). The second-order valence-corrected chi connectivity index (χ2v) is 5.90. The van der Waals surface area contributed by atoms with Gasteiger partial charge < -0.3 is 9.47 Å². The van der Waals surface area contributed by atoms with Crippen molar-refractivity contribution < 1.29 is 40.6 Å². The molecule has 0 atom stereocenters. The van der Waals surface area contributed by atoms with Crippen molar-refractivity contribution in [1.82, 2.24) is 4.98 Å². The number of carbonyl (C=O) groups excluding carboxylic acids is 1. The number of pyridine rings is 1. The van der Waals surface area contributed by atoms with E-state index in [2.05, 4.69) is 14.5 Å². The Kier molecular flexibility index (Phi) is 5.68. The SMILES string of the molecule is O=Cc1nc(-c2cccc(OC(F)(F)F)c2)ccc1-c1cccc(OC(F)(F)F)c1. The lowest BCUT2D eigenvalue weighted by Crippen LogP contribution is -2.17. The predicted molar refractivity (Wildman–Crippen MR) is 93.9 cm³/mol. The molecule has 0 unspecified atom stereocenters. The number of ether oxygens (including phenoxy) is 2. The van der Waals surface area contributed by atoms with E-state index in [9.17, 15) is 31.1 Å². The van der Waals surface area contributed by atoms with Crippen LogP contribution in [0.1, 0.15) is 10.5 Å². The quantitative estimate of drug-likeness (QED) is 0.369. The molecule has 30 heavy (non-hydrogen) atoms. The van der Waals surface area contributed by atoms with Crippen LogP contribution in [-0.2, 0) is 0 Å². The van der Waals surface area contributed by atoms with Gasteiger partial charge in [-0.05, 0) is 42.0 Å². The summed E-state index contributed by atoms with van der Waals surface area (Å²) in [5.41, 5.74) is 0.784. The van der Waals surface area contributed by atoms with Crippen molar-refractivity contribution in [2.75, 3.05) is 0 Å². The van der Waals surface area contributed by atoms with Crippen LogP contribution >= 0.6 is 0 Å². The van der Waals surface area contributed by atoms with Crippen LogP contribution in [0.3, 0.4) is 0 Å². The fourth-order valence-electron chi connectivity index (χ4n) is 2.68. The zero-order valence-corrected chi connectivity index (χ0v) is 14.8. The molecule has 0 N–H and O–H groups in total. The zero-order valence-electron chi connectivity index (χ0n) is 14.8. The largest absolute Gasteiger partial charge is 0.573 e. The molecular formula is C20H11F6NO3. The number of alkyl halides is 6. The molecule has 10 heteroatoms. The fourth-order valence-corrected chi connectivity index (χ4v) is 2.68.